The first-order valence-corrected chi connectivity index (χ1v) is 10.7. The molecule has 0 fully saturated rings. The number of nitrogens with one attached hydrogen (secondary N) is 1. The number of methoxy groups -OCH3 is 1. The molecule has 0 aliphatic carbocycles. The van der Waals surface area contributed by atoms with Gasteiger partial charge < -0.3 is 14.5 Å². The molecule has 0 saturated heterocycles. The standard InChI is InChI=1S/C26H26N4O3/c1-32-23-11-5-9-21(13-23)17-30(16-20-7-3-2-4-8-20)18-25-29-24(19-33-25)26(31)28-15-22-10-6-12-27-14-22/h2-14,19H,15-18H2,1H3,(H,28,31). The number of hydrogen-bond donors (Lipinski definition) is 1. The second kappa shape index (κ2) is 11.1. The summed E-state index contributed by atoms with van der Waals surface area (Å²) in [7, 11) is 1.66. The van der Waals surface area contributed by atoms with Crippen LogP contribution in [-0.4, -0.2) is 27.9 Å². The molecule has 1 amide bonds. The first kappa shape index (κ1) is 22.2. The van der Waals surface area contributed by atoms with Gasteiger partial charge in [-0.15, -0.1) is 0 Å². The van der Waals surface area contributed by atoms with Gasteiger partial charge in [0.05, 0.1) is 13.7 Å². The van der Waals surface area contributed by atoms with E-state index in [1.807, 2.05) is 48.5 Å². The highest BCUT2D eigenvalue weighted by Crippen LogP contribution is 2.18. The predicted octanol–water partition coefficient (Wildman–Crippen LogP) is 4.21. The summed E-state index contributed by atoms with van der Waals surface area (Å²) in [4.78, 5) is 23.2. The third-order valence-electron chi connectivity index (χ3n) is 5.11. The van der Waals surface area contributed by atoms with E-state index < -0.39 is 0 Å². The Morgan fingerprint density at radius 1 is 0.970 bits per heavy atom. The van der Waals surface area contributed by atoms with Crippen LogP contribution in [0.5, 0.6) is 5.75 Å². The quantitative estimate of drug-likeness (QED) is 0.396. The van der Waals surface area contributed by atoms with Crippen LogP contribution in [0.1, 0.15) is 33.1 Å². The van der Waals surface area contributed by atoms with Crippen molar-refractivity contribution in [2.24, 2.45) is 0 Å². The SMILES string of the molecule is COc1cccc(CN(Cc2ccccc2)Cc2nc(C(=O)NCc3cccnc3)co2)c1. The van der Waals surface area contributed by atoms with Crippen LogP contribution in [0.25, 0.3) is 0 Å². The van der Waals surface area contributed by atoms with Crippen LogP contribution in [0.3, 0.4) is 0 Å². The van der Waals surface area contributed by atoms with Gasteiger partial charge in [0.2, 0.25) is 5.89 Å². The first-order chi connectivity index (χ1) is 16.2. The minimum atomic E-state index is -0.281. The topological polar surface area (TPSA) is 80.5 Å². The van der Waals surface area contributed by atoms with Crippen LogP contribution in [0.2, 0.25) is 0 Å². The second-order valence-electron chi connectivity index (χ2n) is 7.65. The molecular weight excluding hydrogens is 416 g/mol. The van der Waals surface area contributed by atoms with Crippen molar-refractivity contribution in [1.29, 1.82) is 0 Å². The molecule has 0 atom stereocenters. The number of aromatic nitrogens is 2. The van der Waals surface area contributed by atoms with E-state index in [0.717, 1.165) is 16.9 Å². The van der Waals surface area contributed by atoms with Gasteiger partial charge in [-0.2, -0.15) is 0 Å². The lowest BCUT2D eigenvalue weighted by molar-refractivity contribution is 0.0945. The molecule has 0 spiro atoms. The Morgan fingerprint density at radius 3 is 2.55 bits per heavy atom. The van der Waals surface area contributed by atoms with Gasteiger partial charge in [-0.3, -0.25) is 14.7 Å². The van der Waals surface area contributed by atoms with Crippen LogP contribution >= 0.6 is 0 Å². The van der Waals surface area contributed by atoms with Gasteiger partial charge in [0, 0.05) is 32.0 Å². The van der Waals surface area contributed by atoms with E-state index in [-0.39, 0.29) is 11.6 Å². The molecule has 168 valence electrons. The lowest BCUT2D eigenvalue weighted by Gasteiger charge is -2.21. The van der Waals surface area contributed by atoms with Crippen LogP contribution in [0.15, 0.2) is 89.8 Å². The van der Waals surface area contributed by atoms with E-state index in [1.54, 1.807) is 19.5 Å². The zero-order valence-corrected chi connectivity index (χ0v) is 18.5. The number of carbonyl (C=O) groups excluding carboxylic acids is 1. The Labute approximate surface area is 193 Å². The van der Waals surface area contributed by atoms with Gasteiger partial charge in [0.25, 0.3) is 5.91 Å². The zero-order chi connectivity index (χ0) is 22.9. The van der Waals surface area contributed by atoms with E-state index in [4.69, 9.17) is 9.15 Å². The van der Waals surface area contributed by atoms with Gasteiger partial charge >= 0.3 is 0 Å². The molecule has 0 radical (unpaired) electrons. The monoisotopic (exact) mass is 442 g/mol. The van der Waals surface area contributed by atoms with Crippen molar-refractivity contribution >= 4 is 5.91 Å². The molecule has 2 aromatic heterocycles. The number of benzene rings is 2. The third-order valence-corrected chi connectivity index (χ3v) is 5.11. The second-order valence-corrected chi connectivity index (χ2v) is 7.65. The maximum atomic E-state index is 12.5. The molecule has 4 rings (SSSR count). The van der Waals surface area contributed by atoms with E-state index >= 15 is 0 Å². The fourth-order valence-corrected chi connectivity index (χ4v) is 3.49. The molecule has 0 saturated carbocycles. The average molecular weight is 443 g/mol. The molecule has 33 heavy (non-hydrogen) atoms. The highest BCUT2D eigenvalue weighted by Gasteiger charge is 2.16. The lowest BCUT2D eigenvalue weighted by Crippen LogP contribution is -2.24. The third kappa shape index (κ3) is 6.51. The van der Waals surface area contributed by atoms with Crippen molar-refractivity contribution in [2.75, 3.05) is 7.11 Å². The molecule has 1 N–H and O–H groups in total. The predicted molar refractivity (Wildman–Crippen MR) is 124 cm³/mol. The normalized spacial score (nSPS) is 10.8. The highest BCUT2D eigenvalue weighted by atomic mass is 16.5. The molecule has 0 unspecified atom stereocenters. The van der Waals surface area contributed by atoms with Gasteiger partial charge in [-0.1, -0.05) is 48.5 Å². The van der Waals surface area contributed by atoms with Gasteiger partial charge in [0.1, 0.15) is 12.0 Å². The molecular formula is C26H26N4O3. The Bertz CT molecular complexity index is 1160. The number of rotatable bonds is 10. The molecule has 2 heterocycles. The molecule has 0 bridgehead atoms. The molecule has 2 aromatic carbocycles. The number of oxazole rings is 1. The van der Waals surface area contributed by atoms with E-state index in [1.165, 1.54) is 11.8 Å². The summed E-state index contributed by atoms with van der Waals surface area (Å²) < 4.78 is 11.0. The summed E-state index contributed by atoms with van der Waals surface area (Å²) in [5.74, 6) is 1.02. The minimum absolute atomic E-state index is 0.259. The Balaban J connectivity index is 1.44. The van der Waals surface area contributed by atoms with Crippen LogP contribution in [-0.2, 0) is 26.2 Å². The molecule has 7 heteroatoms. The van der Waals surface area contributed by atoms with Gasteiger partial charge in [-0.05, 0) is 34.9 Å². The number of hydrogen-bond acceptors (Lipinski definition) is 6. The van der Waals surface area contributed by atoms with Gasteiger partial charge in [-0.25, -0.2) is 4.98 Å². The van der Waals surface area contributed by atoms with Crippen LogP contribution in [0.4, 0.5) is 0 Å². The maximum absolute atomic E-state index is 12.5. The number of carbonyl (C=O) groups is 1. The summed E-state index contributed by atoms with van der Waals surface area (Å²) in [6, 6.07) is 21.9. The van der Waals surface area contributed by atoms with E-state index in [0.29, 0.717) is 32.1 Å². The lowest BCUT2D eigenvalue weighted by atomic mass is 10.1. The minimum Gasteiger partial charge on any atom is -0.497 e. The Kier molecular flexibility index (Phi) is 7.45. The molecule has 0 aliphatic rings. The summed E-state index contributed by atoms with van der Waals surface area (Å²) in [5.41, 5.74) is 3.48. The van der Waals surface area contributed by atoms with Crippen LogP contribution in [0, 0.1) is 0 Å². The average Bonchev–Trinajstić information content (AvgIpc) is 3.32. The summed E-state index contributed by atoms with van der Waals surface area (Å²) in [6.45, 7) is 2.23. The fourth-order valence-electron chi connectivity index (χ4n) is 3.49. The molecule has 4 aromatic rings. The summed E-state index contributed by atoms with van der Waals surface area (Å²) in [6.07, 6.45) is 4.82. The zero-order valence-electron chi connectivity index (χ0n) is 18.5. The van der Waals surface area contributed by atoms with Crippen molar-refractivity contribution < 1.29 is 13.9 Å². The van der Waals surface area contributed by atoms with Crippen LogP contribution < -0.4 is 10.1 Å². The largest absolute Gasteiger partial charge is 0.497 e. The maximum Gasteiger partial charge on any atom is 0.273 e. The van der Waals surface area contributed by atoms with Crippen molar-refractivity contribution in [3.63, 3.8) is 0 Å². The van der Waals surface area contributed by atoms with Crippen molar-refractivity contribution in [2.45, 2.75) is 26.2 Å². The Hall–Kier alpha value is -3.97. The number of amides is 1. The number of pyridine rings is 1. The molecule has 0 aliphatic heterocycles. The van der Waals surface area contributed by atoms with E-state index in [9.17, 15) is 4.79 Å². The number of ether oxygens (including phenoxy) is 1. The summed E-state index contributed by atoms with van der Waals surface area (Å²) in [5, 5.41) is 2.85. The van der Waals surface area contributed by atoms with Crippen molar-refractivity contribution in [3.05, 3.63) is 114 Å². The van der Waals surface area contributed by atoms with Crippen molar-refractivity contribution in [1.82, 2.24) is 20.2 Å². The fraction of sp³-hybridized carbons (Fsp3) is 0.192. The van der Waals surface area contributed by atoms with Crippen molar-refractivity contribution in [3.8, 4) is 5.75 Å². The van der Waals surface area contributed by atoms with Gasteiger partial charge in [0.15, 0.2) is 5.69 Å². The summed E-state index contributed by atoms with van der Waals surface area (Å²) >= 11 is 0. The number of nitrogens with zero attached hydrogens (tertiary/aromatic N) is 3. The Morgan fingerprint density at radius 2 is 1.76 bits per heavy atom. The smallest absolute Gasteiger partial charge is 0.273 e. The first-order valence-electron chi connectivity index (χ1n) is 10.7. The highest BCUT2D eigenvalue weighted by molar-refractivity contribution is 5.91. The molecule has 7 nitrogen and oxygen atoms in total. The van der Waals surface area contributed by atoms with E-state index in [2.05, 4.69) is 38.4 Å².